The molecule has 1 aromatic heterocycles. The molecule has 1 rings (SSSR count). The van der Waals surface area contributed by atoms with E-state index in [0.717, 1.165) is 35.1 Å². The number of aryl methyl sites for hydroxylation is 1. The normalized spacial score (nSPS) is 10.9. The molecule has 3 N–H and O–H groups in total. The minimum atomic E-state index is 0.508. The number of aromatic nitrogens is 2. The van der Waals surface area contributed by atoms with Crippen molar-refractivity contribution in [1.29, 1.82) is 0 Å². The molecule has 5 heteroatoms. The highest BCUT2D eigenvalue weighted by Gasteiger charge is 2.11. The molecule has 0 saturated carbocycles. The van der Waals surface area contributed by atoms with Crippen molar-refractivity contribution in [2.45, 2.75) is 50.8 Å². The number of nitrogens with one attached hydrogen (secondary N) is 1. The monoisotopic (exact) mass is 240 g/mol. The van der Waals surface area contributed by atoms with E-state index in [-0.39, 0.29) is 0 Å². The predicted molar refractivity (Wildman–Crippen MR) is 69.6 cm³/mol. The zero-order valence-electron chi connectivity index (χ0n) is 10.4. The van der Waals surface area contributed by atoms with E-state index >= 15 is 0 Å². The molecule has 1 heterocycles. The Labute approximate surface area is 101 Å². The molecule has 0 aliphatic carbocycles. The van der Waals surface area contributed by atoms with E-state index in [1.807, 2.05) is 6.92 Å². The topological polar surface area (TPSA) is 63.8 Å². The van der Waals surface area contributed by atoms with Gasteiger partial charge in [0, 0.05) is 17.2 Å². The van der Waals surface area contributed by atoms with Gasteiger partial charge in [0.25, 0.3) is 0 Å². The quantitative estimate of drug-likeness (QED) is 0.358. The SMILES string of the molecule is CCCc1nc(NN)c(C)c(SC(C)C)n1. The summed E-state index contributed by atoms with van der Waals surface area (Å²) in [6, 6.07) is 0. The third kappa shape index (κ3) is 3.35. The molecule has 0 aliphatic heterocycles. The molecule has 4 nitrogen and oxygen atoms in total. The van der Waals surface area contributed by atoms with Gasteiger partial charge in [-0.25, -0.2) is 15.8 Å². The summed E-state index contributed by atoms with van der Waals surface area (Å²) in [6.45, 7) is 8.42. The molecule has 90 valence electrons. The minimum absolute atomic E-state index is 0.508. The predicted octanol–water partition coefficient (Wildman–Crippen LogP) is 2.52. The largest absolute Gasteiger partial charge is 0.308 e. The number of nitrogens with zero attached hydrogens (tertiary/aromatic N) is 2. The van der Waals surface area contributed by atoms with Gasteiger partial charge in [0.05, 0.1) is 0 Å². The van der Waals surface area contributed by atoms with Crippen molar-refractivity contribution in [3.05, 3.63) is 11.4 Å². The smallest absolute Gasteiger partial charge is 0.147 e. The number of nitrogens with two attached hydrogens (primary N) is 1. The van der Waals surface area contributed by atoms with Gasteiger partial charge < -0.3 is 5.43 Å². The number of nitrogen functional groups attached to an aromatic ring is 1. The summed E-state index contributed by atoms with van der Waals surface area (Å²) in [5.74, 6) is 7.07. The van der Waals surface area contributed by atoms with Crippen molar-refractivity contribution >= 4 is 17.6 Å². The second kappa shape index (κ2) is 6.06. The van der Waals surface area contributed by atoms with Crippen LogP contribution < -0.4 is 11.3 Å². The van der Waals surface area contributed by atoms with Gasteiger partial charge in [0.15, 0.2) is 0 Å². The van der Waals surface area contributed by atoms with E-state index in [1.54, 1.807) is 11.8 Å². The lowest BCUT2D eigenvalue weighted by molar-refractivity contribution is 0.801. The molecule has 0 spiro atoms. The lowest BCUT2D eigenvalue weighted by Crippen LogP contribution is -2.13. The molecular weight excluding hydrogens is 220 g/mol. The molecule has 0 fully saturated rings. The van der Waals surface area contributed by atoms with Gasteiger partial charge in [-0.2, -0.15) is 0 Å². The summed E-state index contributed by atoms with van der Waals surface area (Å²) in [5.41, 5.74) is 3.67. The highest BCUT2D eigenvalue weighted by Crippen LogP contribution is 2.27. The summed E-state index contributed by atoms with van der Waals surface area (Å²) in [5, 5.41) is 1.54. The van der Waals surface area contributed by atoms with Gasteiger partial charge in [0.1, 0.15) is 16.7 Å². The highest BCUT2D eigenvalue weighted by molar-refractivity contribution is 7.99. The number of hydrogen-bond donors (Lipinski definition) is 2. The number of hydrazine groups is 1. The maximum atomic E-state index is 5.47. The van der Waals surface area contributed by atoms with E-state index in [4.69, 9.17) is 5.84 Å². The van der Waals surface area contributed by atoms with Gasteiger partial charge in [0.2, 0.25) is 0 Å². The average molecular weight is 240 g/mol. The second-order valence-corrected chi connectivity index (χ2v) is 5.54. The number of rotatable bonds is 5. The zero-order chi connectivity index (χ0) is 12.1. The van der Waals surface area contributed by atoms with Crippen LogP contribution in [0.4, 0.5) is 5.82 Å². The molecule has 0 aliphatic rings. The van der Waals surface area contributed by atoms with Crippen LogP contribution in [0.15, 0.2) is 5.03 Å². The maximum Gasteiger partial charge on any atom is 0.147 e. The minimum Gasteiger partial charge on any atom is -0.308 e. The van der Waals surface area contributed by atoms with Crippen LogP contribution in [0.3, 0.4) is 0 Å². The fourth-order valence-corrected chi connectivity index (χ4v) is 2.23. The van der Waals surface area contributed by atoms with Crippen LogP contribution in [0.25, 0.3) is 0 Å². The van der Waals surface area contributed by atoms with Gasteiger partial charge in [-0.15, -0.1) is 11.8 Å². The molecule has 0 atom stereocenters. The number of thioether (sulfide) groups is 1. The van der Waals surface area contributed by atoms with Gasteiger partial charge in [-0.3, -0.25) is 0 Å². The lowest BCUT2D eigenvalue weighted by Gasteiger charge is -2.12. The van der Waals surface area contributed by atoms with Crippen molar-refractivity contribution in [3.8, 4) is 0 Å². The molecule has 16 heavy (non-hydrogen) atoms. The van der Waals surface area contributed by atoms with Crippen molar-refractivity contribution in [2.75, 3.05) is 5.43 Å². The molecule has 0 aromatic carbocycles. The average Bonchev–Trinajstić information content (AvgIpc) is 2.22. The number of hydrogen-bond acceptors (Lipinski definition) is 5. The van der Waals surface area contributed by atoms with E-state index in [1.165, 1.54) is 0 Å². The molecule has 0 saturated heterocycles. The Bertz CT molecular complexity index is 352. The van der Waals surface area contributed by atoms with Crippen molar-refractivity contribution < 1.29 is 0 Å². The van der Waals surface area contributed by atoms with Crippen molar-refractivity contribution in [1.82, 2.24) is 9.97 Å². The van der Waals surface area contributed by atoms with Gasteiger partial charge in [-0.1, -0.05) is 20.8 Å². The molecule has 0 unspecified atom stereocenters. The Morgan fingerprint density at radius 1 is 1.38 bits per heavy atom. The van der Waals surface area contributed by atoms with Crippen LogP contribution in [0.5, 0.6) is 0 Å². The summed E-state index contributed by atoms with van der Waals surface area (Å²) in [7, 11) is 0. The van der Waals surface area contributed by atoms with Gasteiger partial charge >= 0.3 is 0 Å². The van der Waals surface area contributed by atoms with E-state index in [0.29, 0.717) is 5.25 Å². The molecule has 1 aromatic rings. The standard InChI is InChI=1S/C11H20N4S/c1-5-6-9-13-10(15-12)8(4)11(14-9)16-7(2)3/h7H,5-6,12H2,1-4H3,(H,13,14,15). The van der Waals surface area contributed by atoms with Crippen LogP contribution in [0, 0.1) is 6.92 Å². The van der Waals surface area contributed by atoms with Crippen LogP contribution in [-0.2, 0) is 6.42 Å². The molecular formula is C11H20N4S. The Kier molecular flexibility index (Phi) is 5.02. The molecule has 0 radical (unpaired) electrons. The first-order valence-corrected chi connectivity index (χ1v) is 6.47. The first-order valence-electron chi connectivity index (χ1n) is 5.59. The molecule has 0 bridgehead atoms. The maximum absolute atomic E-state index is 5.47. The lowest BCUT2D eigenvalue weighted by atomic mass is 10.3. The van der Waals surface area contributed by atoms with Crippen LogP contribution in [-0.4, -0.2) is 15.2 Å². The van der Waals surface area contributed by atoms with Gasteiger partial charge in [-0.05, 0) is 13.3 Å². The van der Waals surface area contributed by atoms with Crippen LogP contribution in [0.1, 0.15) is 38.6 Å². The van der Waals surface area contributed by atoms with Crippen LogP contribution in [0.2, 0.25) is 0 Å². The number of anilines is 1. The summed E-state index contributed by atoms with van der Waals surface area (Å²) in [6.07, 6.45) is 1.93. The first kappa shape index (κ1) is 13.3. The fourth-order valence-electron chi connectivity index (χ4n) is 1.35. The Morgan fingerprint density at radius 2 is 2.06 bits per heavy atom. The summed E-state index contributed by atoms with van der Waals surface area (Å²) in [4.78, 5) is 8.95. The Morgan fingerprint density at radius 3 is 2.56 bits per heavy atom. The highest BCUT2D eigenvalue weighted by atomic mass is 32.2. The van der Waals surface area contributed by atoms with Crippen molar-refractivity contribution in [3.63, 3.8) is 0 Å². The third-order valence-corrected chi connectivity index (χ3v) is 3.20. The van der Waals surface area contributed by atoms with E-state index < -0.39 is 0 Å². The zero-order valence-corrected chi connectivity index (χ0v) is 11.2. The van der Waals surface area contributed by atoms with Crippen LogP contribution >= 0.6 is 11.8 Å². The third-order valence-electron chi connectivity index (χ3n) is 2.11. The second-order valence-electron chi connectivity index (χ2n) is 3.98. The molecule has 0 amide bonds. The van der Waals surface area contributed by atoms with E-state index in [9.17, 15) is 0 Å². The fraction of sp³-hybridized carbons (Fsp3) is 0.636. The van der Waals surface area contributed by atoms with Crippen molar-refractivity contribution in [2.24, 2.45) is 5.84 Å². The Hall–Kier alpha value is -0.810. The summed E-state index contributed by atoms with van der Waals surface area (Å²) >= 11 is 1.75. The van der Waals surface area contributed by atoms with E-state index in [2.05, 4.69) is 36.2 Å². The summed E-state index contributed by atoms with van der Waals surface area (Å²) < 4.78 is 0. The Balaban J connectivity index is 3.08. The first-order chi connectivity index (χ1) is 7.58.